The maximum Gasteiger partial charge on any atom is 0.261 e. The molecular formula is C38H45F2N7O2. The molecule has 9 nitrogen and oxygen atoms in total. The van der Waals surface area contributed by atoms with Crippen LogP contribution >= 0.6 is 0 Å². The molecule has 2 N–H and O–H groups in total. The van der Waals surface area contributed by atoms with Crippen LogP contribution in [-0.2, 0) is 13.0 Å². The highest BCUT2D eigenvalue weighted by Gasteiger charge is 2.56. The molecule has 3 heterocycles. The Labute approximate surface area is 285 Å². The van der Waals surface area contributed by atoms with Crippen LogP contribution in [0, 0.1) is 29.0 Å². The van der Waals surface area contributed by atoms with Gasteiger partial charge >= 0.3 is 0 Å². The van der Waals surface area contributed by atoms with Gasteiger partial charge in [0.2, 0.25) is 0 Å². The molecule has 4 aliphatic rings. The molecule has 5 atom stereocenters. The predicted octanol–water partition coefficient (Wildman–Crippen LogP) is 5.93. The number of fused-ring (bicyclic) bond motifs is 3. The van der Waals surface area contributed by atoms with Gasteiger partial charge in [-0.15, -0.1) is 0 Å². The number of aliphatic imine (C=N–C) groups is 1. The molecule has 4 fully saturated rings. The fraction of sp³-hybridized carbons (Fsp3) is 0.474. The number of piperazine rings is 1. The molecule has 3 saturated carbocycles. The second-order valence-corrected chi connectivity index (χ2v) is 14.4. The summed E-state index contributed by atoms with van der Waals surface area (Å²) in [7, 11) is 1.50. The highest BCUT2D eigenvalue weighted by Crippen LogP contribution is 2.61. The first kappa shape index (κ1) is 33.1. The molecule has 2 aromatic heterocycles. The van der Waals surface area contributed by atoms with E-state index in [4.69, 9.17) is 14.7 Å². The van der Waals surface area contributed by atoms with Crippen molar-refractivity contribution in [2.45, 2.75) is 58.7 Å². The topological polar surface area (TPSA) is 96.7 Å². The Morgan fingerprint density at radius 3 is 2.67 bits per heavy atom. The molecule has 49 heavy (non-hydrogen) atoms. The number of rotatable bonds is 8. The lowest BCUT2D eigenvalue weighted by molar-refractivity contribution is -0.108. The lowest BCUT2D eigenvalue weighted by atomic mass is 9.45. The molecule has 258 valence electrons. The maximum atomic E-state index is 14.8. The molecule has 4 aromatic rings. The van der Waals surface area contributed by atoms with Crippen LogP contribution in [0.3, 0.4) is 0 Å². The lowest BCUT2D eigenvalue weighted by Gasteiger charge is -2.61. The molecule has 2 aromatic carbocycles. The monoisotopic (exact) mass is 669 g/mol. The van der Waals surface area contributed by atoms with Crippen molar-refractivity contribution in [1.82, 2.24) is 24.8 Å². The maximum absolute atomic E-state index is 14.8. The molecule has 1 saturated heterocycles. The van der Waals surface area contributed by atoms with Crippen molar-refractivity contribution in [1.29, 1.82) is 0 Å². The number of hydrogen-bond acceptors (Lipinski definition) is 6. The average Bonchev–Trinajstić information content (AvgIpc) is 3.12. The quantitative estimate of drug-likeness (QED) is 0.177. The van der Waals surface area contributed by atoms with E-state index >= 15 is 0 Å². The van der Waals surface area contributed by atoms with Gasteiger partial charge in [-0.05, 0) is 84.4 Å². The summed E-state index contributed by atoms with van der Waals surface area (Å²) in [5.74, 6) is 3.01. The van der Waals surface area contributed by atoms with Crippen molar-refractivity contribution in [3.05, 3.63) is 82.7 Å². The summed E-state index contributed by atoms with van der Waals surface area (Å²) < 4.78 is 35.4. The van der Waals surface area contributed by atoms with Crippen LogP contribution in [0.4, 0.5) is 14.5 Å². The number of methoxy groups -OCH3 is 1. The second-order valence-electron chi connectivity index (χ2n) is 14.4. The number of alkyl halides is 1. The zero-order valence-corrected chi connectivity index (χ0v) is 28.6. The van der Waals surface area contributed by atoms with E-state index in [1.165, 1.54) is 19.6 Å². The minimum absolute atomic E-state index is 0.178. The molecule has 0 spiro atoms. The van der Waals surface area contributed by atoms with Crippen molar-refractivity contribution in [2.24, 2.45) is 28.2 Å². The minimum atomic E-state index is -0.447. The number of nitrogens with zero attached hydrogens (tertiary/aromatic N) is 5. The Kier molecular flexibility index (Phi) is 9.13. The third-order valence-electron chi connectivity index (χ3n) is 11.4. The Bertz CT molecular complexity index is 1910. The number of hydrogen-bond donors (Lipinski definition) is 2. The third kappa shape index (κ3) is 6.40. The summed E-state index contributed by atoms with van der Waals surface area (Å²) in [5.41, 5.74) is 2.63. The van der Waals surface area contributed by atoms with Gasteiger partial charge in [-0.3, -0.25) is 14.3 Å². The first-order valence-electron chi connectivity index (χ1n) is 17.3. The Balaban J connectivity index is 1.23. The van der Waals surface area contributed by atoms with Gasteiger partial charge in [-0.2, -0.15) is 0 Å². The minimum Gasteiger partial charge on any atom is -0.497 e. The van der Waals surface area contributed by atoms with Crippen LogP contribution in [0.5, 0.6) is 5.75 Å². The number of guanidine groups is 1. The third-order valence-corrected chi connectivity index (χ3v) is 11.4. The van der Waals surface area contributed by atoms with Crippen LogP contribution in [0.25, 0.3) is 22.3 Å². The first-order chi connectivity index (χ1) is 23.7. The fourth-order valence-electron chi connectivity index (χ4n) is 8.21. The van der Waals surface area contributed by atoms with Gasteiger partial charge in [0.05, 0.1) is 30.1 Å². The number of aromatic nitrogens is 3. The molecular weight excluding hydrogens is 624 g/mol. The van der Waals surface area contributed by atoms with E-state index in [9.17, 15) is 13.6 Å². The van der Waals surface area contributed by atoms with E-state index in [1.807, 2.05) is 24.3 Å². The van der Waals surface area contributed by atoms with Crippen molar-refractivity contribution in [2.75, 3.05) is 38.7 Å². The van der Waals surface area contributed by atoms with E-state index in [-0.39, 0.29) is 30.0 Å². The number of anilines is 1. The van der Waals surface area contributed by atoms with Crippen molar-refractivity contribution < 1.29 is 13.5 Å². The summed E-state index contributed by atoms with van der Waals surface area (Å²) in [4.78, 5) is 30.7. The van der Waals surface area contributed by atoms with Gasteiger partial charge < -0.3 is 20.3 Å². The second kappa shape index (κ2) is 13.5. The van der Waals surface area contributed by atoms with Crippen LogP contribution in [0.1, 0.15) is 39.2 Å². The predicted molar refractivity (Wildman–Crippen MR) is 189 cm³/mol. The molecule has 3 aliphatic carbocycles. The molecule has 1 unspecified atom stereocenters. The van der Waals surface area contributed by atoms with Crippen molar-refractivity contribution in [3.63, 3.8) is 0 Å². The summed E-state index contributed by atoms with van der Waals surface area (Å²) in [6.07, 6.45) is 5.93. The number of benzene rings is 2. The largest absolute Gasteiger partial charge is 0.497 e. The van der Waals surface area contributed by atoms with Gasteiger partial charge in [0.1, 0.15) is 24.1 Å². The van der Waals surface area contributed by atoms with Crippen LogP contribution < -0.4 is 20.9 Å². The van der Waals surface area contributed by atoms with E-state index < -0.39 is 6.67 Å². The molecule has 11 heteroatoms. The summed E-state index contributed by atoms with van der Waals surface area (Å²) in [6.45, 7) is 8.77. The van der Waals surface area contributed by atoms with E-state index in [2.05, 4.69) is 41.3 Å². The van der Waals surface area contributed by atoms with Gasteiger partial charge in [-0.1, -0.05) is 26.8 Å². The van der Waals surface area contributed by atoms with Gasteiger partial charge in [0, 0.05) is 55.9 Å². The summed E-state index contributed by atoms with van der Waals surface area (Å²) in [6, 6.07) is 13.8. The zero-order valence-electron chi connectivity index (χ0n) is 28.6. The number of ether oxygens (including phenoxy) is 1. The Morgan fingerprint density at radius 1 is 1.14 bits per heavy atom. The Morgan fingerprint density at radius 2 is 1.96 bits per heavy atom. The molecule has 2 bridgehead atoms. The normalized spacial score (nSPS) is 24.8. The van der Waals surface area contributed by atoms with Crippen LogP contribution in [0.2, 0.25) is 0 Å². The summed E-state index contributed by atoms with van der Waals surface area (Å²) >= 11 is 0. The standard InChI is InChI=1S/C38H45F2N7O2/c1-23-31-17-26(38(31,2)3)18-33(23)45-37(46-16-14-42-28(21-39)22-46)43-27-6-8-30-34(19-27)44-35(25-9-12-41-13-10-25)47(36(30)48)15-11-24-5-7-29(49-4)20-32(24)40/h5-10,12-13,19-20,23,26,28,31,33,42H,11,14-18,21-22H2,1-4H3,(H,43,45)/t23-,26+,28-,31-,33?/m0/s1. The molecule has 0 amide bonds. The van der Waals surface area contributed by atoms with Crippen LogP contribution in [0.15, 0.2) is 70.7 Å². The number of halogens is 2. The van der Waals surface area contributed by atoms with E-state index in [0.717, 1.165) is 23.6 Å². The van der Waals surface area contributed by atoms with Gasteiger partial charge in [-0.25, -0.2) is 18.8 Å². The average molecular weight is 670 g/mol. The van der Waals surface area contributed by atoms with Crippen LogP contribution in [-0.4, -0.2) is 70.9 Å². The molecule has 0 radical (unpaired) electrons. The number of aryl methyl sites for hydroxylation is 1. The highest BCUT2D eigenvalue weighted by atomic mass is 19.1. The Hall–Kier alpha value is -4.38. The SMILES string of the molecule is COc1ccc(CCn2c(-c3ccncc3)nc3cc(N/C(=N/C4C[C@H]5C[C@@H]([C@@H]4C)C5(C)C)N4CCN[C@@H](CF)C4)ccc3c2=O)c(F)c1. The van der Waals surface area contributed by atoms with Gasteiger partial charge in [0.15, 0.2) is 5.96 Å². The molecule has 8 rings (SSSR count). The zero-order chi connectivity index (χ0) is 34.3. The number of pyridine rings is 1. The fourth-order valence-corrected chi connectivity index (χ4v) is 8.21. The first-order valence-corrected chi connectivity index (χ1v) is 17.3. The highest BCUT2D eigenvalue weighted by molar-refractivity contribution is 5.96. The van der Waals surface area contributed by atoms with Crippen molar-refractivity contribution >= 4 is 22.5 Å². The van der Waals surface area contributed by atoms with E-state index in [0.29, 0.717) is 77.3 Å². The lowest BCUT2D eigenvalue weighted by Crippen LogP contribution is -2.58. The smallest absolute Gasteiger partial charge is 0.261 e. The summed E-state index contributed by atoms with van der Waals surface area (Å²) in [5, 5.41) is 7.30. The van der Waals surface area contributed by atoms with Crippen molar-refractivity contribution in [3.8, 4) is 17.1 Å². The van der Waals surface area contributed by atoms with E-state index in [1.54, 1.807) is 35.2 Å². The molecule has 1 aliphatic heterocycles. The van der Waals surface area contributed by atoms with Gasteiger partial charge in [0.25, 0.3) is 5.56 Å². The number of nitrogens with one attached hydrogen (secondary N) is 2.